The summed E-state index contributed by atoms with van der Waals surface area (Å²) >= 11 is 0. The molecule has 1 rings (SSSR count). The van der Waals surface area contributed by atoms with Crippen molar-refractivity contribution < 1.29 is 20.4 Å². The average molecular weight is 176 g/mol. The van der Waals surface area contributed by atoms with E-state index in [0.29, 0.717) is 0 Å². The van der Waals surface area contributed by atoms with Gasteiger partial charge in [0.05, 0.1) is 24.4 Å². The van der Waals surface area contributed by atoms with Crippen LogP contribution in [0.1, 0.15) is 13.8 Å². The van der Waals surface area contributed by atoms with Gasteiger partial charge in [0.15, 0.2) is 0 Å². The first kappa shape index (κ1) is 9.92. The number of aliphatic hydroxyl groups excluding tert-OH is 4. The lowest BCUT2D eigenvalue weighted by Gasteiger charge is -2.41. The van der Waals surface area contributed by atoms with Crippen LogP contribution in [-0.2, 0) is 0 Å². The van der Waals surface area contributed by atoms with Gasteiger partial charge in [-0.15, -0.1) is 0 Å². The van der Waals surface area contributed by atoms with E-state index in [1.165, 1.54) is 0 Å². The number of hydrogen-bond acceptors (Lipinski definition) is 4. The van der Waals surface area contributed by atoms with E-state index in [1.807, 2.05) is 0 Å². The van der Waals surface area contributed by atoms with Crippen molar-refractivity contribution in [2.45, 2.75) is 38.3 Å². The van der Waals surface area contributed by atoms with Gasteiger partial charge in [-0.2, -0.15) is 0 Å². The molecular formula is C8H16O4. The molecule has 0 aliphatic heterocycles. The monoisotopic (exact) mass is 176 g/mol. The molecule has 1 fully saturated rings. The summed E-state index contributed by atoms with van der Waals surface area (Å²) in [7, 11) is 0. The van der Waals surface area contributed by atoms with Gasteiger partial charge in [-0.25, -0.2) is 0 Å². The van der Waals surface area contributed by atoms with E-state index >= 15 is 0 Å². The van der Waals surface area contributed by atoms with Crippen LogP contribution in [0.2, 0.25) is 0 Å². The Balaban J connectivity index is 2.76. The Kier molecular flexibility index (Phi) is 2.73. The summed E-state index contributed by atoms with van der Waals surface area (Å²) < 4.78 is 0. The summed E-state index contributed by atoms with van der Waals surface area (Å²) in [6, 6.07) is 0. The maximum atomic E-state index is 9.38. The van der Waals surface area contributed by atoms with Crippen molar-refractivity contribution in [3.05, 3.63) is 0 Å². The smallest absolute Gasteiger partial charge is 0.0853 e. The molecule has 0 aromatic rings. The van der Waals surface area contributed by atoms with E-state index in [0.717, 1.165) is 0 Å². The zero-order valence-electron chi connectivity index (χ0n) is 7.25. The molecule has 0 radical (unpaired) electrons. The Bertz CT molecular complexity index is 103. The molecule has 0 heterocycles. The number of hydrogen-bond donors (Lipinski definition) is 4. The first-order chi connectivity index (χ1) is 5.46. The second-order valence-electron chi connectivity index (χ2n) is 3.68. The fourth-order valence-corrected chi connectivity index (χ4v) is 1.65. The molecule has 1 saturated carbocycles. The molecule has 12 heavy (non-hydrogen) atoms. The van der Waals surface area contributed by atoms with E-state index in [9.17, 15) is 20.4 Å². The highest BCUT2D eigenvalue weighted by Gasteiger charge is 2.44. The summed E-state index contributed by atoms with van der Waals surface area (Å²) in [5.74, 6) is -0.961. The van der Waals surface area contributed by atoms with Gasteiger partial charge in [0.2, 0.25) is 0 Å². The minimum absolute atomic E-state index is 0.480. The van der Waals surface area contributed by atoms with Crippen molar-refractivity contribution in [2.75, 3.05) is 0 Å². The van der Waals surface area contributed by atoms with Crippen molar-refractivity contribution in [3.63, 3.8) is 0 Å². The lowest BCUT2D eigenvalue weighted by atomic mass is 9.75. The van der Waals surface area contributed by atoms with Crippen molar-refractivity contribution in [3.8, 4) is 0 Å². The van der Waals surface area contributed by atoms with Crippen LogP contribution in [0.5, 0.6) is 0 Å². The van der Waals surface area contributed by atoms with Crippen LogP contribution in [-0.4, -0.2) is 44.8 Å². The summed E-state index contributed by atoms with van der Waals surface area (Å²) in [5, 5.41) is 37.5. The summed E-state index contributed by atoms with van der Waals surface area (Å²) in [4.78, 5) is 0. The highest BCUT2D eigenvalue weighted by atomic mass is 16.4. The largest absolute Gasteiger partial charge is 0.390 e. The van der Waals surface area contributed by atoms with Gasteiger partial charge in [-0.05, 0) is 0 Å². The third-order valence-corrected chi connectivity index (χ3v) is 2.85. The SMILES string of the molecule is CC1[C@@H](O)[C@@H](O)C(C)[C@@H](O)[C@H]1O. The molecule has 4 N–H and O–H groups in total. The predicted molar refractivity (Wildman–Crippen MR) is 42.4 cm³/mol. The Labute approximate surface area is 71.5 Å². The van der Waals surface area contributed by atoms with Crippen LogP contribution in [0.15, 0.2) is 0 Å². The molecule has 1 aliphatic carbocycles. The Morgan fingerprint density at radius 2 is 0.750 bits per heavy atom. The molecule has 0 aromatic heterocycles. The van der Waals surface area contributed by atoms with Gasteiger partial charge in [0.25, 0.3) is 0 Å². The van der Waals surface area contributed by atoms with Crippen LogP contribution < -0.4 is 0 Å². The maximum absolute atomic E-state index is 9.38. The number of aliphatic hydroxyl groups is 4. The molecular weight excluding hydrogens is 160 g/mol. The van der Waals surface area contributed by atoms with Crippen LogP contribution in [0, 0.1) is 11.8 Å². The molecule has 6 atom stereocenters. The first-order valence-corrected chi connectivity index (χ1v) is 4.19. The van der Waals surface area contributed by atoms with Gasteiger partial charge < -0.3 is 20.4 Å². The Morgan fingerprint density at radius 3 is 0.917 bits per heavy atom. The first-order valence-electron chi connectivity index (χ1n) is 4.19. The van der Waals surface area contributed by atoms with E-state index < -0.39 is 36.3 Å². The summed E-state index contributed by atoms with van der Waals surface area (Å²) in [6.45, 7) is 3.21. The zero-order chi connectivity index (χ0) is 9.46. The third-order valence-electron chi connectivity index (χ3n) is 2.85. The third kappa shape index (κ3) is 1.35. The number of rotatable bonds is 0. The highest BCUT2D eigenvalue weighted by molar-refractivity contribution is 4.94. The van der Waals surface area contributed by atoms with E-state index in [1.54, 1.807) is 13.8 Å². The van der Waals surface area contributed by atoms with Gasteiger partial charge in [-0.1, -0.05) is 13.8 Å². The second kappa shape index (κ2) is 3.30. The predicted octanol–water partition coefficient (Wildman–Crippen LogP) is -1.28. The highest BCUT2D eigenvalue weighted by Crippen LogP contribution is 2.29. The summed E-state index contributed by atoms with van der Waals surface area (Å²) in [6.07, 6.45) is -3.78. The molecule has 0 aromatic carbocycles. The van der Waals surface area contributed by atoms with Gasteiger partial charge >= 0.3 is 0 Å². The maximum Gasteiger partial charge on any atom is 0.0853 e. The molecule has 2 unspecified atom stereocenters. The van der Waals surface area contributed by atoms with Gasteiger partial charge in [-0.3, -0.25) is 0 Å². The molecule has 4 nitrogen and oxygen atoms in total. The van der Waals surface area contributed by atoms with Crippen LogP contribution in [0.25, 0.3) is 0 Å². The fraction of sp³-hybridized carbons (Fsp3) is 1.00. The van der Waals surface area contributed by atoms with Crippen molar-refractivity contribution in [1.82, 2.24) is 0 Å². The summed E-state index contributed by atoms with van der Waals surface area (Å²) in [5.41, 5.74) is 0. The molecule has 1 aliphatic rings. The van der Waals surface area contributed by atoms with Crippen LogP contribution in [0.4, 0.5) is 0 Å². The zero-order valence-corrected chi connectivity index (χ0v) is 7.25. The molecule has 0 spiro atoms. The van der Waals surface area contributed by atoms with Gasteiger partial charge in [0.1, 0.15) is 0 Å². The van der Waals surface area contributed by atoms with E-state index in [-0.39, 0.29) is 0 Å². The van der Waals surface area contributed by atoms with Crippen molar-refractivity contribution in [1.29, 1.82) is 0 Å². The van der Waals surface area contributed by atoms with Crippen molar-refractivity contribution >= 4 is 0 Å². The Morgan fingerprint density at radius 1 is 0.583 bits per heavy atom. The molecule has 72 valence electrons. The average Bonchev–Trinajstić information content (AvgIpc) is 2.08. The topological polar surface area (TPSA) is 80.9 Å². The quantitative estimate of drug-likeness (QED) is 0.370. The molecule has 0 saturated heterocycles. The Hall–Kier alpha value is -0.160. The lowest BCUT2D eigenvalue weighted by Crippen LogP contribution is -2.56. The molecule has 0 bridgehead atoms. The second-order valence-corrected chi connectivity index (χ2v) is 3.68. The van der Waals surface area contributed by atoms with Crippen molar-refractivity contribution in [2.24, 2.45) is 11.8 Å². The molecule has 4 heteroatoms. The standard InChI is InChI=1S/C8H16O4/c1-3-5(9)7(11)4(2)8(12)6(3)10/h3-12H,1-2H3/t3?,4?,5-,6+,7+,8-. The lowest BCUT2D eigenvalue weighted by molar-refractivity contribution is -0.170. The normalized spacial score (nSPS) is 55.5. The fourth-order valence-electron chi connectivity index (χ4n) is 1.65. The molecule has 0 amide bonds. The van der Waals surface area contributed by atoms with E-state index in [4.69, 9.17) is 0 Å². The van der Waals surface area contributed by atoms with Crippen LogP contribution >= 0.6 is 0 Å². The van der Waals surface area contributed by atoms with Gasteiger partial charge in [0, 0.05) is 11.8 Å². The minimum atomic E-state index is -0.946. The van der Waals surface area contributed by atoms with Crippen LogP contribution in [0.3, 0.4) is 0 Å². The van der Waals surface area contributed by atoms with E-state index in [2.05, 4.69) is 0 Å². The minimum Gasteiger partial charge on any atom is -0.390 e.